The highest BCUT2D eigenvalue weighted by Crippen LogP contribution is 2.43. The summed E-state index contributed by atoms with van der Waals surface area (Å²) in [4.78, 5) is 23.3. The molecule has 2 aromatic rings. The lowest BCUT2D eigenvalue weighted by atomic mass is 9.84. The van der Waals surface area contributed by atoms with Gasteiger partial charge in [-0.05, 0) is 66.5 Å². The zero-order valence-corrected chi connectivity index (χ0v) is 20.2. The van der Waals surface area contributed by atoms with Crippen LogP contribution in [0.25, 0.3) is 0 Å². The molecule has 0 saturated heterocycles. The number of unbranched alkanes of at least 4 members (excludes halogenated alkanes) is 1. The molecule has 1 fully saturated rings. The number of carbonyl (C=O) groups is 2. The normalized spacial score (nSPS) is 23.7. The molecule has 6 nitrogen and oxygen atoms in total. The first-order chi connectivity index (χ1) is 17.0. The Hall–Kier alpha value is -2.96. The molecule has 35 heavy (non-hydrogen) atoms. The van der Waals surface area contributed by atoms with E-state index in [1.54, 1.807) is 7.11 Å². The molecule has 6 heteroatoms. The van der Waals surface area contributed by atoms with Gasteiger partial charge in [0.2, 0.25) is 0 Å². The number of aryl methyl sites for hydroxylation is 1. The third-order valence-electron chi connectivity index (χ3n) is 7.17. The van der Waals surface area contributed by atoms with E-state index in [0.29, 0.717) is 25.9 Å². The maximum Gasteiger partial charge on any atom is 0.303 e. The summed E-state index contributed by atoms with van der Waals surface area (Å²) in [6, 6.07) is 14.2. The molecule has 2 aromatic carbocycles. The van der Waals surface area contributed by atoms with E-state index in [-0.39, 0.29) is 36.6 Å². The molecule has 0 aromatic heterocycles. The monoisotopic (exact) mass is 478 g/mol. The quantitative estimate of drug-likeness (QED) is 0.343. The van der Waals surface area contributed by atoms with Crippen LogP contribution in [0.4, 0.5) is 0 Å². The maximum atomic E-state index is 12.6. The first-order valence-electron chi connectivity index (χ1n) is 12.4. The van der Waals surface area contributed by atoms with Crippen molar-refractivity contribution in [3.63, 3.8) is 0 Å². The second-order valence-electron chi connectivity index (χ2n) is 9.51. The van der Waals surface area contributed by atoms with E-state index in [0.717, 1.165) is 29.7 Å². The number of carbonyl (C=O) groups excluding carboxylic acids is 1. The van der Waals surface area contributed by atoms with Gasteiger partial charge in [0.25, 0.3) is 0 Å². The Labute approximate surface area is 206 Å². The molecule has 0 radical (unpaired) electrons. The van der Waals surface area contributed by atoms with Gasteiger partial charge in [-0.1, -0.05) is 42.5 Å². The maximum absolute atomic E-state index is 12.6. The summed E-state index contributed by atoms with van der Waals surface area (Å²) in [6.45, 7) is 0.534. The van der Waals surface area contributed by atoms with Gasteiger partial charge in [0, 0.05) is 24.7 Å². The Morgan fingerprint density at radius 2 is 1.94 bits per heavy atom. The van der Waals surface area contributed by atoms with Crippen molar-refractivity contribution in [2.75, 3.05) is 7.11 Å². The predicted molar refractivity (Wildman–Crippen MR) is 132 cm³/mol. The van der Waals surface area contributed by atoms with Crippen LogP contribution in [0, 0.1) is 5.92 Å². The van der Waals surface area contributed by atoms with Gasteiger partial charge in [0.15, 0.2) is 0 Å². The fourth-order valence-corrected chi connectivity index (χ4v) is 5.31. The van der Waals surface area contributed by atoms with Crippen LogP contribution in [0.5, 0.6) is 5.75 Å². The smallest absolute Gasteiger partial charge is 0.303 e. The standard InChI is InChI=1S/C29H34O6/c1-34-22-12-8-19(9-13-22)18-35-27-15-11-20-16-21(10-14-23(20)27)29-24(25(30)17-26(29)31)6-4-2-3-5-7-28(32)33/h2,4,8-10,12-14,16,24,26-27,29,31H,3,5-7,11,15,17-18H2,1H3,(H,32,33)/b4-2-/t24-,26+,27?,29+/m0/s1. The number of hydrogen-bond donors (Lipinski definition) is 2. The van der Waals surface area contributed by atoms with Crippen molar-refractivity contribution >= 4 is 11.8 Å². The number of methoxy groups -OCH3 is 1. The minimum absolute atomic E-state index is 0.0424. The molecule has 0 aliphatic heterocycles. The summed E-state index contributed by atoms with van der Waals surface area (Å²) in [6.07, 6.45) is 7.29. The highest BCUT2D eigenvalue weighted by Gasteiger charge is 2.42. The lowest BCUT2D eigenvalue weighted by Gasteiger charge is -2.22. The van der Waals surface area contributed by atoms with Crippen molar-refractivity contribution in [3.8, 4) is 5.75 Å². The fourth-order valence-electron chi connectivity index (χ4n) is 5.31. The number of carboxylic acids is 1. The van der Waals surface area contributed by atoms with Crippen LogP contribution < -0.4 is 4.74 Å². The minimum atomic E-state index is -0.794. The van der Waals surface area contributed by atoms with E-state index >= 15 is 0 Å². The Morgan fingerprint density at radius 1 is 1.14 bits per heavy atom. The van der Waals surface area contributed by atoms with E-state index < -0.39 is 12.1 Å². The van der Waals surface area contributed by atoms with Crippen LogP contribution in [-0.2, 0) is 27.4 Å². The van der Waals surface area contributed by atoms with Gasteiger partial charge in [-0.3, -0.25) is 9.59 Å². The topological polar surface area (TPSA) is 93.1 Å². The van der Waals surface area contributed by atoms with Crippen LogP contribution >= 0.6 is 0 Å². The number of Topliss-reactive ketones (excluding diaryl/α,β-unsaturated/α-hetero) is 1. The molecule has 1 unspecified atom stereocenters. The summed E-state index contributed by atoms with van der Waals surface area (Å²) in [7, 11) is 1.65. The number of aliphatic hydroxyl groups excluding tert-OH is 1. The summed E-state index contributed by atoms with van der Waals surface area (Å²) < 4.78 is 11.4. The zero-order valence-electron chi connectivity index (χ0n) is 20.2. The molecule has 2 aliphatic carbocycles. The van der Waals surface area contributed by atoms with Crippen molar-refractivity contribution in [3.05, 3.63) is 76.9 Å². The third-order valence-corrected chi connectivity index (χ3v) is 7.17. The SMILES string of the molecule is COc1ccc(COC2CCc3cc([C@H]4[C@H](O)CC(=O)[C@@H]4C/C=C\CCCC(=O)O)ccc32)cc1. The molecule has 4 atom stereocenters. The summed E-state index contributed by atoms with van der Waals surface area (Å²) in [5.41, 5.74) is 4.54. The lowest BCUT2D eigenvalue weighted by Crippen LogP contribution is -2.18. The van der Waals surface area contributed by atoms with Crippen molar-refractivity contribution < 1.29 is 29.3 Å². The van der Waals surface area contributed by atoms with Crippen molar-refractivity contribution in [2.45, 2.75) is 69.7 Å². The van der Waals surface area contributed by atoms with Crippen LogP contribution in [0.3, 0.4) is 0 Å². The Morgan fingerprint density at radius 3 is 2.69 bits per heavy atom. The molecular weight excluding hydrogens is 444 g/mol. The van der Waals surface area contributed by atoms with E-state index in [9.17, 15) is 14.7 Å². The highest BCUT2D eigenvalue weighted by molar-refractivity contribution is 5.85. The van der Waals surface area contributed by atoms with Gasteiger partial charge in [-0.15, -0.1) is 0 Å². The number of allylic oxidation sites excluding steroid dienone is 2. The van der Waals surface area contributed by atoms with Gasteiger partial charge >= 0.3 is 5.97 Å². The number of carboxylic acid groups (broad SMARTS) is 1. The van der Waals surface area contributed by atoms with Gasteiger partial charge in [0.05, 0.1) is 25.9 Å². The van der Waals surface area contributed by atoms with E-state index in [2.05, 4.69) is 12.1 Å². The van der Waals surface area contributed by atoms with Crippen LogP contribution in [-0.4, -0.2) is 35.2 Å². The molecule has 0 spiro atoms. The molecule has 1 saturated carbocycles. The molecule has 0 bridgehead atoms. The Kier molecular flexibility index (Phi) is 8.37. The van der Waals surface area contributed by atoms with Crippen LogP contribution in [0.15, 0.2) is 54.6 Å². The van der Waals surface area contributed by atoms with Crippen LogP contribution in [0.2, 0.25) is 0 Å². The van der Waals surface area contributed by atoms with Gasteiger partial charge in [-0.25, -0.2) is 0 Å². The van der Waals surface area contributed by atoms with Gasteiger partial charge in [-0.2, -0.15) is 0 Å². The number of aliphatic hydroxyl groups is 1. The molecule has 0 heterocycles. The number of rotatable bonds is 11. The van der Waals surface area contributed by atoms with Crippen molar-refractivity contribution in [1.29, 1.82) is 0 Å². The Bertz CT molecular complexity index is 1060. The number of ether oxygens (including phenoxy) is 2. The van der Waals surface area contributed by atoms with Gasteiger partial charge in [0.1, 0.15) is 11.5 Å². The molecule has 186 valence electrons. The summed E-state index contributed by atoms with van der Waals surface area (Å²) in [5.74, 6) is -0.332. The number of hydrogen-bond acceptors (Lipinski definition) is 5. The van der Waals surface area contributed by atoms with E-state index in [1.165, 1.54) is 11.1 Å². The predicted octanol–water partition coefficient (Wildman–Crippen LogP) is 5.13. The zero-order chi connectivity index (χ0) is 24.8. The van der Waals surface area contributed by atoms with Crippen molar-refractivity contribution in [1.82, 2.24) is 0 Å². The average Bonchev–Trinajstić information content (AvgIpc) is 3.38. The highest BCUT2D eigenvalue weighted by atomic mass is 16.5. The summed E-state index contributed by atoms with van der Waals surface area (Å²) >= 11 is 0. The van der Waals surface area contributed by atoms with Crippen molar-refractivity contribution in [2.24, 2.45) is 5.92 Å². The van der Waals surface area contributed by atoms with E-state index in [4.69, 9.17) is 14.6 Å². The molecular formula is C29H34O6. The average molecular weight is 479 g/mol. The molecule has 2 N–H and O–H groups in total. The fraction of sp³-hybridized carbons (Fsp3) is 0.448. The largest absolute Gasteiger partial charge is 0.497 e. The number of aliphatic carboxylic acids is 1. The van der Waals surface area contributed by atoms with E-state index in [1.807, 2.05) is 42.5 Å². The second-order valence-corrected chi connectivity index (χ2v) is 9.51. The minimum Gasteiger partial charge on any atom is -0.497 e. The lowest BCUT2D eigenvalue weighted by molar-refractivity contribution is -0.137. The third kappa shape index (κ3) is 6.19. The van der Waals surface area contributed by atoms with Crippen LogP contribution in [0.1, 0.15) is 72.8 Å². The first kappa shape index (κ1) is 25.1. The molecule has 0 amide bonds. The number of benzene rings is 2. The summed E-state index contributed by atoms with van der Waals surface area (Å²) in [5, 5.41) is 19.4. The van der Waals surface area contributed by atoms with Gasteiger partial charge < -0.3 is 19.7 Å². The Balaban J connectivity index is 1.39. The first-order valence-corrected chi connectivity index (χ1v) is 12.4. The number of fused-ring (bicyclic) bond motifs is 1. The number of ketones is 1. The molecule has 2 aliphatic rings. The second kappa shape index (κ2) is 11.6. The molecule has 4 rings (SSSR count).